The number of benzene rings is 2. The molecule has 1 aliphatic heterocycles. The average Bonchev–Trinajstić information content (AvgIpc) is 2.70. The first-order valence-corrected chi connectivity index (χ1v) is 10.1. The summed E-state index contributed by atoms with van der Waals surface area (Å²) in [5, 5.41) is 13.4. The van der Waals surface area contributed by atoms with E-state index in [0.717, 1.165) is 6.07 Å². The number of carbonyl (C=O) groups excluding carboxylic acids is 3. The third kappa shape index (κ3) is 4.90. The van der Waals surface area contributed by atoms with Crippen molar-refractivity contribution < 1.29 is 24.0 Å². The summed E-state index contributed by atoms with van der Waals surface area (Å²) >= 11 is 12.5. The van der Waals surface area contributed by atoms with Gasteiger partial charge in [-0.25, -0.2) is 9.69 Å². The number of hydrogen-bond acceptors (Lipinski definition) is 6. The molecule has 0 aromatic heterocycles. The van der Waals surface area contributed by atoms with Crippen molar-refractivity contribution in [3.8, 4) is 5.75 Å². The predicted molar refractivity (Wildman–Crippen MR) is 119 cm³/mol. The van der Waals surface area contributed by atoms with Gasteiger partial charge in [-0.1, -0.05) is 43.1 Å². The van der Waals surface area contributed by atoms with Gasteiger partial charge in [0.05, 0.1) is 27.3 Å². The molecule has 2 aromatic carbocycles. The molecule has 1 aliphatic rings. The molecule has 0 atom stereocenters. The van der Waals surface area contributed by atoms with Crippen LogP contribution in [0.15, 0.2) is 42.0 Å². The first-order chi connectivity index (χ1) is 15.1. The van der Waals surface area contributed by atoms with E-state index < -0.39 is 22.8 Å². The number of urea groups is 1. The molecule has 1 N–H and O–H groups in total. The van der Waals surface area contributed by atoms with Crippen molar-refractivity contribution in [2.24, 2.45) is 5.92 Å². The van der Waals surface area contributed by atoms with E-state index in [9.17, 15) is 24.5 Å². The van der Waals surface area contributed by atoms with Crippen LogP contribution in [0.25, 0.3) is 6.08 Å². The van der Waals surface area contributed by atoms with Gasteiger partial charge >= 0.3 is 6.03 Å². The Bertz CT molecular complexity index is 1140. The first-order valence-electron chi connectivity index (χ1n) is 9.36. The molecule has 0 spiro atoms. The molecule has 1 fully saturated rings. The van der Waals surface area contributed by atoms with E-state index in [1.807, 2.05) is 19.2 Å². The molecular weight excluding hydrogens is 461 g/mol. The second-order valence-corrected chi connectivity index (χ2v) is 8.07. The number of anilines is 1. The van der Waals surface area contributed by atoms with Gasteiger partial charge in [0.25, 0.3) is 17.5 Å². The number of imide groups is 2. The van der Waals surface area contributed by atoms with Crippen LogP contribution in [0.4, 0.5) is 16.2 Å². The summed E-state index contributed by atoms with van der Waals surface area (Å²) < 4.78 is 5.60. The zero-order chi connectivity index (χ0) is 23.6. The van der Waals surface area contributed by atoms with Crippen LogP contribution in [0.3, 0.4) is 0 Å². The van der Waals surface area contributed by atoms with Crippen LogP contribution in [-0.2, 0) is 9.59 Å². The Labute approximate surface area is 192 Å². The number of nitro groups is 1. The van der Waals surface area contributed by atoms with Gasteiger partial charge in [0.2, 0.25) is 0 Å². The average molecular weight is 478 g/mol. The Morgan fingerprint density at radius 2 is 1.81 bits per heavy atom. The minimum absolute atomic E-state index is 0.0615. The SMILES string of the molecule is CC(C)COc1c(Cl)cc(/C=C2\C(=O)NC(=O)N(c3cccc([N+](=O)[O-])c3)C2=O)cc1Cl. The van der Waals surface area contributed by atoms with Gasteiger partial charge in [-0.05, 0) is 35.8 Å². The summed E-state index contributed by atoms with van der Waals surface area (Å²) in [6, 6.07) is 6.83. The molecule has 1 saturated heterocycles. The van der Waals surface area contributed by atoms with Crippen molar-refractivity contribution in [1.29, 1.82) is 0 Å². The van der Waals surface area contributed by atoms with Crippen LogP contribution >= 0.6 is 23.2 Å². The molecule has 0 radical (unpaired) electrons. The van der Waals surface area contributed by atoms with Crippen LogP contribution in [0.2, 0.25) is 10.0 Å². The topological polar surface area (TPSA) is 119 Å². The molecule has 2 aromatic rings. The van der Waals surface area contributed by atoms with Gasteiger partial charge in [0, 0.05) is 12.1 Å². The van der Waals surface area contributed by atoms with Gasteiger partial charge in [0.1, 0.15) is 5.57 Å². The first kappa shape index (κ1) is 23.2. The molecule has 0 unspecified atom stereocenters. The van der Waals surface area contributed by atoms with E-state index in [2.05, 4.69) is 0 Å². The fourth-order valence-corrected chi connectivity index (χ4v) is 3.47. The molecular formula is C21H17Cl2N3O6. The zero-order valence-electron chi connectivity index (χ0n) is 16.9. The highest BCUT2D eigenvalue weighted by atomic mass is 35.5. The zero-order valence-corrected chi connectivity index (χ0v) is 18.4. The Morgan fingerprint density at radius 1 is 1.16 bits per heavy atom. The quantitative estimate of drug-likeness (QED) is 0.281. The van der Waals surface area contributed by atoms with Gasteiger partial charge in [0.15, 0.2) is 5.75 Å². The Morgan fingerprint density at radius 3 is 2.41 bits per heavy atom. The minimum atomic E-state index is -1.02. The maximum absolute atomic E-state index is 13.0. The fraction of sp³-hybridized carbons (Fsp3) is 0.190. The van der Waals surface area contributed by atoms with Gasteiger partial charge in [-0.2, -0.15) is 0 Å². The highest BCUT2D eigenvalue weighted by Crippen LogP contribution is 2.35. The number of non-ortho nitro benzene ring substituents is 1. The third-order valence-electron chi connectivity index (χ3n) is 4.29. The van der Waals surface area contributed by atoms with Crippen molar-refractivity contribution in [2.75, 3.05) is 11.5 Å². The summed E-state index contributed by atoms with van der Waals surface area (Å²) in [4.78, 5) is 48.6. The number of nitrogens with zero attached hydrogens (tertiary/aromatic N) is 2. The van der Waals surface area contributed by atoms with Gasteiger partial charge < -0.3 is 4.74 Å². The van der Waals surface area contributed by atoms with Crippen molar-refractivity contribution in [3.05, 3.63) is 67.7 Å². The van der Waals surface area contributed by atoms with Gasteiger partial charge in [-0.15, -0.1) is 0 Å². The lowest BCUT2D eigenvalue weighted by atomic mass is 10.1. The molecule has 4 amide bonds. The third-order valence-corrected chi connectivity index (χ3v) is 4.85. The van der Waals surface area contributed by atoms with Crippen molar-refractivity contribution in [2.45, 2.75) is 13.8 Å². The molecule has 11 heteroatoms. The fourth-order valence-electron chi connectivity index (χ4n) is 2.86. The van der Waals surface area contributed by atoms with E-state index in [1.165, 1.54) is 36.4 Å². The summed E-state index contributed by atoms with van der Waals surface area (Å²) in [5.41, 5.74) is -0.433. The highest BCUT2D eigenvalue weighted by Gasteiger charge is 2.37. The standard InChI is InChI=1S/C21H17Cl2N3O6/c1-11(2)10-32-18-16(22)7-12(8-17(18)23)6-15-19(27)24-21(29)25(20(15)28)13-4-3-5-14(9-13)26(30)31/h3-9,11H,10H2,1-2H3,(H,24,27,29)/b15-6+. The summed E-state index contributed by atoms with van der Waals surface area (Å²) in [6.07, 6.45) is 1.22. The molecule has 0 saturated carbocycles. The van der Waals surface area contributed by atoms with Gasteiger partial charge in [-0.3, -0.25) is 25.0 Å². The molecule has 9 nitrogen and oxygen atoms in total. The van der Waals surface area contributed by atoms with Crippen molar-refractivity contribution in [3.63, 3.8) is 0 Å². The second kappa shape index (κ2) is 9.37. The van der Waals surface area contributed by atoms with Crippen LogP contribution < -0.4 is 15.0 Å². The highest BCUT2D eigenvalue weighted by molar-refractivity contribution is 6.40. The molecule has 0 bridgehead atoms. The number of hydrogen-bond donors (Lipinski definition) is 1. The van der Waals surface area contributed by atoms with Crippen LogP contribution in [0, 0.1) is 16.0 Å². The number of barbiturate groups is 1. The number of nitro benzene ring substituents is 1. The largest absolute Gasteiger partial charge is 0.490 e. The number of rotatable bonds is 6. The minimum Gasteiger partial charge on any atom is -0.490 e. The Kier molecular flexibility index (Phi) is 6.81. The maximum Gasteiger partial charge on any atom is 0.335 e. The lowest BCUT2D eigenvalue weighted by molar-refractivity contribution is -0.384. The van der Waals surface area contributed by atoms with E-state index in [4.69, 9.17) is 27.9 Å². The van der Waals surface area contributed by atoms with Crippen molar-refractivity contribution in [1.82, 2.24) is 5.32 Å². The molecule has 3 rings (SSSR count). The van der Waals surface area contributed by atoms with Crippen molar-refractivity contribution >= 4 is 58.5 Å². The van der Waals surface area contributed by atoms with Crippen LogP contribution in [0.1, 0.15) is 19.4 Å². The monoisotopic (exact) mass is 477 g/mol. The lowest BCUT2D eigenvalue weighted by Crippen LogP contribution is -2.54. The van der Waals surface area contributed by atoms with Crippen LogP contribution in [0.5, 0.6) is 5.75 Å². The second-order valence-electron chi connectivity index (χ2n) is 7.25. The van der Waals surface area contributed by atoms with E-state index >= 15 is 0 Å². The smallest absolute Gasteiger partial charge is 0.335 e. The summed E-state index contributed by atoms with van der Waals surface area (Å²) in [7, 11) is 0. The van der Waals surface area contributed by atoms with E-state index in [-0.39, 0.29) is 38.7 Å². The number of amides is 4. The Balaban J connectivity index is 1.98. The van der Waals surface area contributed by atoms with E-state index in [0.29, 0.717) is 17.1 Å². The molecule has 0 aliphatic carbocycles. The molecule has 166 valence electrons. The Hall–Kier alpha value is -3.43. The molecule has 32 heavy (non-hydrogen) atoms. The number of halogens is 2. The lowest BCUT2D eigenvalue weighted by Gasteiger charge is -2.26. The van der Waals surface area contributed by atoms with Crippen LogP contribution in [-0.4, -0.2) is 29.4 Å². The normalized spacial score (nSPS) is 15.3. The number of nitrogens with one attached hydrogen (secondary N) is 1. The van der Waals surface area contributed by atoms with E-state index in [1.54, 1.807) is 0 Å². The summed E-state index contributed by atoms with van der Waals surface area (Å²) in [5.74, 6) is -1.36. The number of carbonyl (C=O) groups is 3. The predicted octanol–water partition coefficient (Wildman–Crippen LogP) is 4.60. The summed E-state index contributed by atoms with van der Waals surface area (Å²) in [6.45, 7) is 4.31. The molecule has 1 heterocycles. The maximum atomic E-state index is 13.0. The number of ether oxygens (including phenoxy) is 1.